The molecule has 23 heteroatoms. The highest BCUT2D eigenvalue weighted by molar-refractivity contribution is 5.87. The summed E-state index contributed by atoms with van der Waals surface area (Å²) in [5.41, 5.74) is 16.4. The second-order valence-corrected chi connectivity index (χ2v) is 20.1. The van der Waals surface area contributed by atoms with Crippen molar-refractivity contribution in [2.75, 3.05) is 37.2 Å². The Kier molecular flexibility index (Phi) is 20.3. The molecule has 11 rings (SSSR count). The lowest BCUT2D eigenvalue weighted by Crippen LogP contribution is -2.60. The number of aromatic nitrogens is 9. The summed E-state index contributed by atoms with van der Waals surface area (Å²) in [6.07, 6.45) is 1.75. The van der Waals surface area contributed by atoms with Crippen LogP contribution in [0.25, 0.3) is 51.2 Å². The van der Waals surface area contributed by atoms with Crippen LogP contribution in [0.15, 0.2) is 189 Å². The van der Waals surface area contributed by atoms with Crippen molar-refractivity contribution in [2.24, 2.45) is 0 Å². The zero-order valence-electron chi connectivity index (χ0n) is 48.8. The van der Waals surface area contributed by atoms with Crippen LogP contribution in [0.1, 0.15) is 37.0 Å². The standard InChI is InChI=1S/C27H34N4O6.C22H17N5O4.C15H14N4/c1-6-15-35-23-22(33-4)18(3)36-26(24(23)34-5)37-27(32)29-20-11-9-19(10-12-20)25-28-16-31(30-25)21-13-7-17(2)8-14-21;1-15-2-8-18(9-3-15)26-14-23-21(25-26)16-4-6-17(7-5-16)24-22(28)31-20-12-10-19(11-13-20)27(29)30;1-11-2-8-14(9-3-11)19-10-17-15(18-19)12-4-6-13(16)7-5-12/h7-14,16,18,22-24,26H,6,15H2,1-5H3,(H,29,32);2-14H,1H3,(H,24,28);2-10H,16H2,1H3/t18-,22-,23+,24+,26-;;/m0../s1. The van der Waals surface area contributed by atoms with Crippen molar-refractivity contribution in [1.82, 2.24) is 44.3 Å². The molecule has 1 aliphatic rings. The molecule has 0 radical (unpaired) electrons. The van der Waals surface area contributed by atoms with Crippen LogP contribution in [0.2, 0.25) is 0 Å². The third-order valence-corrected chi connectivity index (χ3v) is 13.6. The average Bonchev–Trinajstić information content (AvgIpc) is 4.45. The van der Waals surface area contributed by atoms with Gasteiger partial charge < -0.3 is 34.2 Å². The lowest BCUT2D eigenvalue weighted by Gasteiger charge is -2.43. The van der Waals surface area contributed by atoms with Crippen LogP contribution >= 0.6 is 0 Å². The predicted octanol–water partition coefficient (Wildman–Crippen LogP) is 11.9. The number of anilines is 3. The maximum absolute atomic E-state index is 12.7. The van der Waals surface area contributed by atoms with Gasteiger partial charge in [-0.05, 0) is 155 Å². The van der Waals surface area contributed by atoms with E-state index in [1.165, 1.54) is 48.1 Å². The lowest BCUT2D eigenvalue weighted by molar-refractivity contribution is -0.384. The fraction of sp³-hybridized carbons (Fsp3) is 0.219. The first-order chi connectivity index (χ1) is 42.1. The molecule has 0 spiro atoms. The molecular weight excluding hydrogens is 1110 g/mol. The SMILES string of the molecule is CCCO[C@@H]1[C@@H](OC)[C@H](C)O[C@@H](OC(=O)Nc2ccc(-c3ncn(-c4ccc(C)cc4)n3)cc2)[C@@H]1OC.Cc1ccc(-n2cnc(-c3ccc(N)cc3)n2)cc1.Cc1ccc(-n2cnc(-c3ccc(NC(=O)Oc4ccc([N+](=O)[O-])cc4)cc3)n2)cc1. The van der Waals surface area contributed by atoms with Gasteiger partial charge in [-0.1, -0.05) is 60.0 Å². The number of aryl methyl sites for hydroxylation is 3. The van der Waals surface area contributed by atoms with Crippen LogP contribution in [0, 0.1) is 30.9 Å². The van der Waals surface area contributed by atoms with Crippen LogP contribution < -0.4 is 21.1 Å². The molecular formula is C64H65N13O10. The number of nitrogens with two attached hydrogens (primary N) is 1. The molecule has 2 amide bonds. The zero-order valence-corrected chi connectivity index (χ0v) is 48.8. The van der Waals surface area contributed by atoms with Crippen molar-refractivity contribution in [3.63, 3.8) is 0 Å². The highest BCUT2D eigenvalue weighted by Gasteiger charge is 2.47. The molecule has 0 aliphatic carbocycles. The molecule has 1 fully saturated rings. The monoisotopic (exact) mass is 1180 g/mol. The van der Waals surface area contributed by atoms with E-state index in [-0.39, 0.29) is 23.6 Å². The van der Waals surface area contributed by atoms with Gasteiger partial charge in [-0.25, -0.2) is 38.6 Å². The van der Waals surface area contributed by atoms with E-state index < -0.39 is 35.6 Å². The fourth-order valence-electron chi connectivity index (χ4n) is 8.91. The normalized spacial score (nSPS) is 16.1. The van der Waals surface area contributed by atoms with Gasteiger partial charge in [0.25, 0.3) is 5.69 Å². The second-order valence-electron chi connectivity index (χ2n) is 20.1. The third-order valence-electron chi connectivity index (χ3n) is 13.6. The van der Waals surface area contributed by atoms with Crippen molar-refractivity contribution in [3.05, 3.63) is 216 Å². The molecule has 0 bridgehead atoms. The molecule has 10 aromatic rings. The van der Waals surface area contributed by atoms with Crippen molar-refractivity contribution in [1.29, 1.82) is 0 Å². The van der Waals surface area contributed by atoms with E-state index in [0.29, 0.717) is 35.5 Å². The van der Waals surface area contributed by atoms with Gasteiger partial charge in [0.15, 0.2) is 17.5 Å². The second kappa shape index (κ2) is 28.9. The Morgan fingerprint density at radius 1 is 0.563 bits per heavy atom. The van der Waals surface area contributed by atoms with Crippen molar-refractivity contribution in [3.8, 4) is 57.0 Å². The number of hydrogen-bond donors (Lipinski definition) is 3. The minimum atomic E-state index is -0.956. The molecule has 4 N–H and O–H groups in total. The van der Waals surface area contributed by atoms with Gasteiger partial charge in [0.2, 0.25) is 6.29 Å². The number of nitro groups is 1. The van der Waals surface area contributed by atoms with Gasteiger partial charge in [0.05, 0.1) is 28.1 Å². The number of nitro benzene ring substituents is 1. The van der Waals surface area contributed by atoms with E-state index in [1.54, 1.807) is 76.5 Å². The topological polar surface area (TPSA) is 275 Å². The number of nitrogen functional groups attached to an aromatic ring is 1. The minimum absolute atomic E-state index is 0.0817. The molecule has 4 heterocycles. The number of rotatable bonds is 16. The van der Waals surface area contributed by atoms with E-state index in [9.17, 15) is 19.7 Å². The summed E-state index contributed by atoms with van der Waals surface area (Å²) < 4.78 is 39.0. The Bertz CT molecular complexity index is 3780. The summed E-state index contributed by atoms with van der Waals surface area (Å²) in [6, 6.07) is 51.1. The summed E-state index contributed by atoms with van der Waals surface area (Å²) in [4.78, 5) is 48.0. The largest absolute Gasteiger partial charge is 0.417 e. The van der Waals surface area contributed by atoms with Gasteiger partial charge in [-0.3, -0.25) is 20.7 Å². The first kappa shape index (κ1) is 61.1. The smallest absolute Gasteiger partial charge is 0.416 e. The van der Waals surface area contributed by atoms with Crippen LogP contribution in [0.5, 0.6) is 5.75 Å². The summed E-state index contributed by atoms with van der Waals surface area (Å²) in [5, 5.41) is 29.5. The molecule has 3 aromatic heterocycles. The van der Waals surface area contributed by atoms with E-state index >= 15 is 0 Å². The first-order valence-electron chi connectivity index (χ1n) is 27.7. The summed E-state index contributed by atoms with van der Waals surface area (Å²) in [7, 11) is 3.12. The molecule has 0 unspecified atom stereocenters. The minimum Gasteiger partial charge on any atom is -0.416 e. The summed E-state index contributed by atoms with van der Waals surface area (Å²) in [6.45, 7) is 10.5. The van der Waals surface area contributed by atoms with Gasteiger partial charge in [0.1, 0.15) is 43.0 Å². The molecule has 5 atom stereocenters. The van der Waals surface area contributed by atoms with E-state index in [1.807, 2.05) is 125 Å². The van der Waals surface area contributed by atoms with Gasteiger partial charge in [-0.2, -0.15) is 0 Å². The number of benzene rings is 7. The molecule has 1 aliphatic heterocycles. The zero-order chi connectivity index (χ0) is 61.4. The molecule has 23 nitrogen and oxygen atoms in total. The number of non-ortho nitro benzene ring substituents is 1. The van der Waals surface area contributed by atoms with Gasteiger partial charge in [-0.15, -0.1) is 15.3 Å². The quantitative estimate of drug-likeness (QED) is 0.0461. The Morgan fingerprint density at radius 3 is 1.36 bits per heavy atom. The number of carbonyl (C=O) groups excluding carboxylic acids is 2. The number of nitrogens with zero attached hydrogens (tertiary/aromatic N) is 10. The van der Waals surface area contributed by atoms with E-state index in [0.717, 1.165) is 45.9 Å². The first-order valence-corrected chi connectivity index (χ1v) is 27.7. The van der Waals surface area contributed by atoms with Crippen LogP contribution in [0.4, 0.5) is 32.3 Å². The van der Waals surface area contributed by atoms with Crippen LogP contribution in [0.3, 0.4) is 0 Å². The van der Waals surface area contributed by atoms with Crippen LogP contribution in [-0.4, -0.2) is 113 Å². The molecule has 7 aromatic carbocycles. The number of nitrogens with one attached hydrogen (secondary N) is 2. The number of methoxy groups -OCH3 is 2. The van der Waals surface area contributed by atoms with Crippen molar-refractivity contribution in [2.45, 2.75) is 71.7 Å². The van der Waals surface area contributed by atoms with Gasteiger partial charge in [0, 0.05) is 66.7 Å². The molecule has 1 saturated heterocycles. The average molecular weight is 1180 g/mol. The molecule has 446 valence electrons. The Hall–Kier alpha value is -10.5. The fourth-order valence-corrected chi connectivity index (χ4v) is 8.91. The number of carbonyl (C=O) groups is 2. The molecule has 0 saturated carbocycles. The highest BCUT2D eigenvalue weighted by atomic mass is 16.7. The maximum Gasteiger partial charge on any atom is 0.417 e. The number of hydrogen-bond acceptors (Lipinski definition) is 17. The maximum atomic E-state index is 12.7. The van der Waals surface area contributed by atoms with Crippen LogP contribution in [-0.2, 0) is 23.7 Å². The lowest BCUT2D eigenvalue weighted by atomic mass is 9.99. The van der Waals surface area contributed by atoms with Crippen molar-refractivity contribution >= 4 is 34.9 Å². The highest BCUT2D eigenvalue weighted by Crippen LogP contribution is 2.30. The Labute approximate surface area is 501 Å². The predicted molar refractivity (Wildman–Crippen MR) is 328 cm³/mol. The number of ether oxygens (including phenoxy) is 6. The third kappa shape index (κ3) is 16.3. The van der Waals surface area contributed by atoms with Crippen molar-refractivity contribution < 1.29 is 42.9 Å². The van der Waals surface area contributed by atoms with E-state index in [4.69, 9.17) is 34.2 Å². The summed E-state index contributed by atoms with van der Waals surface area (Å²) >= 11 is 0. The van der Waals surface area contributed by atoms with Gasteiger partial charge >= 0.3 is 12.2 Å². The van der Waals surface area contributed by atoms with E-state index in [2.05, 4.69) is 59.9 Å². The Morgan fingerprint density at radius 2 is 0.966 bits per heavy atom. The number of amides is 2. The Balaban J connectivity index is 0.000000163. The molecule has 87 heavy (non-hydrogen) atoms. The summed E-state index contributed by atoms with van der Waals surface area (Å²) in [5.74, 6) is 2.03.